The van der Waals surface area contributed by atoms with Gasteiger partial charge in [0.1, 0.15) is 10.7 Å². The molecule has 0 bridgehead atoms. The fraction of sp³-hybridized carbons (Fsp3) is 0.143. The monoisotopic (exact) mass is 186 g/mol. The largest absolute Gasteiger partial charge is 0.480 e. The number of rotatable bonds is 2. The highest BCUT2D eigenvalue weighted by atomic mass is 35.5. The molecule has 5 heteroatoms. The van der Waals surface area contributed by atoms with E-state index in [1.165, 1.54) is 19.2 Å². The second-order valence-corrected chi connectivity index (χ2v) is 2.44. The van der Waals surface area contributed by atoms with Crippen LogP contribution in [0.1, 0.15) is 10.4 Å². The summed E-state index contributed by atoms with van der Waals surface area (Å²) in [6, 6.07) is 2.95. The molecule has 0 fully saturated rings. The number of carbonyl (C=O) groups is 1. The van der Waals surface area contributed by atoms with E-state index in [0.29, 0.717) is 0 Å². The van der Waals surface area contributed by atoms with Crippen molar-refractivity contribution in [1.29, 1.82) is 0 Å². The molecule has 0 saturated carbocycles. The first-order valence-corrected chi connectivity index (χ1v) is 3.53. The van der Waals surface area contributed by atoms with E-state index in [2.05, 4.69) is 4.98 Å². The standard InChI is InChI=1S/C7H7ClN2O2/c1-12-7-4(6(9)11)2-3-5(8)10-7/h2-3H,1H3,(H2,9,11). The Morgan fingerprint density at radius 1 is 1.67 bits per heavy atom. The lowest BCUT2D eigenvalue weighted by Crippen LogP contribution is -2.13. The molecule has 64 valence electrons. The van der Waals surface area contributed by atoms with E-state index >= 15 is 0 Å². The summed E-state index contributed by atoms with van der Waals surface area (Å²) in [5, 5.41) is 0.261. The van der Waals surface area contributed by atoms with Gasteiger partial charge in [-0.05, 0) is 12.1 Å². The molecule has 0 unspecified atom stereocenters. The van der Waals surface area contributed by atoms with Crippen molar-refractivity contribution in [3.63, 3.8) is 0 Å². The summed E-state index contributed by atoms with van der Waals surface area (Å²) < 4.78 is 4.79. The molecule has 0 saturated heterocycles. The number of carbonyl (C=O) groups excluding carboxylic acids is 1. The van der Waals surface area contributed by atoms with Crippen LogP contribution in [-0.2, 0) is 0 Å². The van der Waals surface area contributed by atoms with E-state index in [1.807, 2.05) is 0 Å². The summed E-state index contributed by atoms with van der Waals surface area (Å²) in [6.07, 6.45) is 0. The number of primary amides is 1. The minimum absolute atomic E-state index is 0.148. The van der Waals surface area contributed by atoms with Crippen LogP contribution in [-0.4, -0.2) is 18.0 Å². The predicted molar refractivity (Wildman–Crippen MR) is 44.3 cm³/mol. The lowest BCUT2D eigenvalue weighted by Gasteiger charge is -2.02. The van der Waals surface area contributed by atoms with Crippen molar-refractivity contribution >= 4 is 17.5 Å². The Labute approximate surface area is 74.3 Å². The van der Waals surface area contributed by atoms with Gasteiger partial charge in [0, 0.05) is 0 Å². The number of pyridine rings is 1. The lowest BCUT2D eigenvalue weighted by atomic mass is 10.2. The molecule has 0 spiro atoms. The molecule has 1 aromatic rings. The smallest absolute Gasteiger partial charge is 0.254 e. The maximum absolute atomic E-state index is 10.8. The minimum Gasteiger partial charge on any atom is -0.480 e. The maximum atomic E-state index is 10.8. The number of hydrogen-bond acceptors (Lipinski definition) is 3. The van der Waals surface area contributed by atoms with Crippen LogP contribution in [0.15, 0.2) is 12.1 Å². The first-order valence-electron chi connectivity index (χ1n) is 3.15. The van der Waals surface area contributed by atoms with Gasteiger partial charge in [-0.1, -0.05) is 11.6 Å². The Hall–Kier alpha value is -1.29. The van der Waals surface area contributed by atoms with E-state index in [1.54, 1.807) is 0 Å². The molecule has 0 aliphatic rings. The summed E-state index contributed by atoms with van der Waals surface area (Å²) in [7, 11) is 1.39. The maximum Gasteiger partial charge on any atom is 0.254 e. The Morgan fingerprint density at radius 2 is 2.33 bits per heavy atom. The van der Waals surface area contributed by atoms with Gasteiger partial charge in [0.25, 0.3) is 5.91 Å². The second-order valence-electron chi connectivity index (χ2n) is 2.06. The molecule has 0 aliphatic heterocycles. The van der Waals surface area contributed by atoms with Crippen molar-refractivity contribution in [2.45, 2.75) is 0 Å². The highest BCUT2D eigenvalue weighted by Gasteiger charge is 2.09. The zero-order valence-corrected chi connectivity index (χ0v) is 7.13. The van der Waals surface area contributed by atoms with E-state index in [0.717, 1.165) is 0 Å². The van der Waals surface area contributed by atoms with Crippen molar-refractivity contribution in [2.75, 3.05) is 7.11 Å². The SMILES string of the molecule is COc1nc(Cl)ccc1C(N)=O. The molecule has 1 amide bonds. The van der Waals surface area contributed by atoms with E-state index < -0.39 is 5.91 Å². The van der Waals surface area contributed by atoms with E-state index in [-0.39, 0.29) is 16.6 Å². The van der Waals surface area contributed by atoms with Gasteiger partial charge >= 0.3 is 0 Å². The fourth-order valence-electron chi connectivity index (χ4n) is 0.761. The van der Waals surface area contributed by atoms with Crippen LogP contribution < -0.4 is 10.5 Å². The van der Waals surface area contributed by atoms with Crippen LogP contribution in [0, 0.1) is 0 Å². The first kappa shape index (κ1) is 8.80. The molecule has 1 heterocycles. The number of aromatic nitrogens is 1. The number of nitrogens with two attached hydrogens (primary N) is 1. The third-order valence-corrected chi connectivity index (χ3v) is 1.50. The molecule has 2 N–H and O–H groups in total. The van der Waals surface area contributed by atoms with Gasteiger partial charge in [0.05, 0.1) is 7.11 Å². The number of halogens is 1. The summed E-state index contributed by atoms with van der Waals surface area (Å²) in [6.45, 7) is 0. The van der Waals surface area contributed by atoms with Crippen LogP contribution >= 0.6 is 11.6 Å². The molecule has 0 aliphatic carbocycles. The molecular formula is C7H7ClN2O2. The number of ether oxygens (including phenoxy) is 1. The zero-order valence-electron chi connectivity index (χ0n) is 6.37. The predicted octanol–water partition coefficient (Wildman–Crippen LogP) is 0.843. The molecule has 4 nitrogen and oxygen atoms in total. The Morgan fingerprint density at radius 3 is 2.83 bits per heavy atom. The van der Waals surface area contributed by atoms with Crippen LogP contribution in [0.2, 0.25) is 5.15 Å². The molecule has 12 heavy (non-hydrogen) atoms. The fourth-order valence-corrected chi connectivity index (χ4v) is 0.901. The Bertz CT molecular complexity index is 314. The van der Waals surface area contributed by atoms with Gasteiger partial charge < -0.3 is 10.5 Å². The third-order valence-electron chi connectivity index (χ3n) is 1.29. The average molecular weight is 187 g/mol. The lowest BCUT2D eigenvalue weighted by molar-refractivity contribution is 0.0996. The topological polar surface area (TPSA) is 65.2 Å². The minimum atomic E-state index is -0.587. The summed E-state index contributed by atoms with van der Waals surface area (Å²) in [5.41, 5.74) is 5.26. The second kappa shape index (κ2) is 3.40. The number of amides is 1. The molecule has 0 aromatic carbocycles. The van der Waals surface area contributed by atoms with Crippen LogP contribution in [0.25, 0.3) is 0 Å². The van der Waals surface area contributed by atoms with Crippen molar-refractivity contribution < 1.29 is 9.53 Å². The van der Waals surface area contributed by atoms with Crippen LogP contribution in [0.4, 0.5) is 0 Å². The van der Waals surface area contributed by atoms with E-state index in [4.69, 9.17) is 22.1 Å². The average Bonchev–Trinajstić information content (AvgIpc) is 2.03. The summed E-state index contributed by atoms with van der Waals surface area (Å²) in [5.74, 6) is -0.439. The van der Waals surface area contributed by atoms with Crippen LogP contribution in [0.5, 0.6) is 5.88 Å². The number of methoxy groups -OCH3 is 1. The van der Waals surface area contributed by atoms with Gasteiger partial charge in [0.15, 0.2) is 0 Å². The summed E-state index contributed by atoms with van der Waals surface area (Å²) >= 11 is 5.56. The van der Waals surface area contributed by atoms with Crippen molar-refractivity contribution in [1.82, 2.24) is 4.98 Å². The zero-order chi connectivity index (χ0) is 9.14. The van der Waals surface area contributed by atoms with Crippen molar-refractivity contribution in [2.24, 2.45) is 5.73 Å². The van der Waals surface area contributed by atoms with Gasteiger partial charge in [-0.3, -0.25) is 4.79 Å². The van der Waals surface area contributed by atoms with Gasteiger partial charge in [-0.15, -0.1) is 0 Å². The quantitative estimate of drug-likeness (QED) is 0.697. The van der Waals surface area contributed by atoms with E-state index in [9.17, 15) is 4.79 Å². The Balaban J connectivity index is 3.20. The first-order chi connectivity index (χ1) is 5.65. The van der Waals surface area contributed by atoms with Gasteiger partial charge in [-0.2, -0.15) is 0 Å². The molecule has 1 rings (SSSR count). The highest BCUT2D eigenvalue weighted by Crippen LogP contribution is 2.17. The summed E-state index contributed by atoms with van der Waals surface area (Å²) in [4.78, 5) is 14.5. The van der Waals surface area contributed by atoms with Gasteiger partial charge in [0.2, 0.25) is 5.88 Å². The van der Waals surface area contributed by atoms with Crippen LogP contribution in [0.3, 0.4) is 0 Å². The van der Waals surface area contributed by atoms with Crippen molar-refractivity contribution in [3.8, 4) is 5.88 Å². The number of nitrogens with zero attached hydrogens (tertiary/aromatic N) is 1. The molecule has 0 radical (unpaired) electrons. The Kier molecular flexibility index (Phi) is 2.50. The molecule has 1 aromatic heterocycles. The normalized spacial score (nSPS) is 9.50. The molecular weight excluding hydrogens is 180 g/mol. The van der Waals surface area contributed by atoms with Gasteiger partial charge in [-0.25, -0.2) is 4.98 Å². The number of hydrogen-bond donors (Lipinski definition) is 1. The highest BCUT2D eigenvalue weighted by molar-refractivity contribution is 6.29. The molecule has 0 atom stereocenters. The van der Waals surface area contributed by atoms with Crippen molar-refractivity contribution in [3.05, 3.63) is 22.8 Å². The third kappa shape index (κ3) is 1.65.